The Morgan fingerprint density at radius 3 is 1.28 bits per heavy atom. The van der Waals surface area contributed by atoms with Gasteiger partial charge in [-0.1, -0.05) is 204 Å². The Morgan fingerprint density at radius 2 is 0.938 bits per heavy atom. The van der Waals surface area contributed by atoms with Crippen LogP contribution in [0.2, 0.25) is 0 Å². The molecule has 190 valence electrons. The molecule has 0 fully saturated rings. The van der Waals surface area contributed by atoms with E-state index in [1.807, 2.05) is 0 Å². The highest BCUT2D eigenvalue weighted by molar-refractivity contribution is 6.79. The molecule has 0 aromatic heterocycles. The zero-order valence-electron chi connectivity index (χ0n) is 14.4. The summed E-state index contributed by atoms with van der Waals surface area (Å²) in [5, 5.41) is 0. The zero-order chi connectivity index (χ0) is 26.4. The smallest absolute Gasteiger partial charge is 0.332 e. The van der Waals surface area contributed by atoms with Crippen LogP contribution in [-0.2, 0) is 9.53 Å². The maximum atomic E-state index is 11.6. The fourth-order valence-electron chi connectivity index (χ4n) is 1.69. The van der Waals surface area contributed by atoms with E-state index in [4.69, 9.17) is 197 Å². The van der Waals surface area contributed by atoms with Crippen LogP contribution in [0.1, 0.15) is 12.8 Å². The van der Waals surface area contributed by atoms with Gasteiger partial charge in [-0.05, 0) is 12.8 Å². The van der Waals surface area contributed by atoms with Gasteiger partial charge >= 0.3 is 5.97 Å². The summed E-state index contributed by atoms with van der Waals surface area (Å²) in [5.74, 6) is -1.20. The Morgan fingerprint density at radius 1 is 0.594 bits per heavy atom. The monoisotopic (exact) mass is 790 g/mol. The number of alkyl halides is 17. The fourth-order valence-corrected chi connectivity index (χ4v) is 6.41. The van der Waals surface area contributed by atoms with E-state index in [1.54, 1.807) is 0 Å². The molecular weight excluding hydrogens is 791 g/mol. The maximum absolute atomic E-state index is 11.6. The molecule has 0 aliphatic heterocycles. The number of hydrogen-bond donors (Lipinski definition) is 0. The first-order chi connectivity index (χ1) is 13.7. The topological polar surface area (TPSA) is 26.3 Å². The van der Waals surface area contributed by atoms with E-state index in [0.717, 1.165) is 0 Å². The summed E-state index contributed by atoms with van der Waals surface area (Å²) in [6.45, 7) is 3.14. The Hall–Kier alpha value is 4.14. The summed E-state index contributed by atoms with van der Waals surface area (Å²) in [7, 11) is 0. The van der Waals surface area contributed by atoms with Crippen molar-refractivity contribution < 1.29 is 9.53 Å². The highest BCUT2D eigenvalue weighted by atomic mass is 35.6. The summed E-state index contributed by atoms with van der Waals surface area (Å²) >= 11 is 104. The maximum Gasteiger partial charge on any atom is 0.332 e. The standard InChI is InChI=1S/C13H7Cl17O2/c1-2-5(31)32-13(29,30)12(27,28)11(25,26)10(23,24)9(21,22)8(19,20)6(14,15)3-4-7(16,17)18/h2H,1,3-4H2. The second-order valence-electron chi connectivity index (χ2n) is 5.83. The van der Waals surface area contributed by atoms with Crippen molar-refractivity contribution in [2.75, 3.05) is 0 Å². The minimum atomic E-state index is -3.05. The Labute approximate surface area is 269 Å². The molecule has 0 amide bonds. The highest BCUT2D eigenvalue weighted by Crippen LogP contribution is 2.71. The number of esters is 1. The van der Waals surface area contributed by atoms with E-state index >= 15 is 0 Å². The van der Waals surface area contributed by atoms with Gasteiger partial charge in [-0.25, -0.2) is 4.79 Å². The van der Waals surface area contributed by atoms with E-state index in [9.17, 15) is 4.79 Å². The van der Waals surface area contributed by atoms with Gasteiger partial charge in [-0.15, -0.1) is 0 Å². The van der Waals surface area contributed by atoms with Crippen LogP contribution >= 0.6 is 197 Å². The average Bonchev–Trinajstić information content (AvgIpc) is 2.57. The Bertz CT molecular complexity index is 706. The molecule has 32 heavy (non-hydrogen) atoms. The molecular formula is C13H7Cl17O2. The predicted octanol–water partition coefficient (Wildman–Crippen LogP) is 11.0. The van der Waals surface area contributed by atoms with E-state index in [1.165, 1.54) is 0 Å². The van der Waals surface area contributed by atoms with Crippen LogP contribution in [0.25, 0.3) is 0 Å². The molecule has 0 saturated heterocycles. The molecule has 0 heterocycles. The van der Waals surface area contributed by atoms with E-state index in [2.05, 4.69) is 11.3 Å². The van der Waals surface area contributed by atoms with Gasteiger partial charge < -0.3 is 4.74 Å². The van der Waals surface area contributed by atoms with Gasteiger partial charge in [-0.3, -0.25) is 0 Å². The van der Waals surface area contributed by atoms with E-state index in [0.29, 0.717) is 6.08 Å². The van der Waals surface area contributed by atoms with Crippen LogP contribution in [0.15, 0.2) is 12.7 Å². The second kappa shape index (κ2) is 11.7. The summed E-state index contributed by atoms with van der Waals surface area (Å²) in [6, 6.07) is 0. The lowest BCUT2D eigenvalue weighted by Crippen LogP contribution is -2.69. The minimum absolute atomic E-state index is 0.293. The van der Waals surface area contributed by atoms with Gasteiger partial charge in [0.1, 0.15) is 0 Å². The van der Waals surface area contributed by atoms with Gasteiger partial charge in [0.15, 0.2) is 25.5 Å². The first-order valence-corrected chi connectivity index (χ1v) is 13.7. The van der Waals surface area contributed by atoms with Crippen molar-refractivity contribution in [2.45, 2.75) is 47.2 Å². The SMILES string of the molecule is C=CC(=O)OC(Cl)(Cl)C(Cl)(Cl)C(Cl)(Cl)C(Cl)(Cl)C(Cl)(Cl)C(Cl)(Cl)C(Cl)(Cl)CCC(Cl)(Cl)Cl. The van der Waals surface area contributed by atoms with E-state index in [-0.39, 0.29) is 6.42 Å². The highest BCUT2D eigenvalue weighted by Gasteiger charge is 2.80. The molecule has 0 bridgehead atoms. The first-order valence-electron chi connectivity index (χ1n) is 7.23. The van der Waals surface area contributed by atoms with Gasteiger partial charge in [0.05, 0.1) is 0 Å². The molecule has 0 aliphatic rings. The molecule has 0 atom stereocenters. The second-order valence-corrected chi connectivity index (χ2v) is 17.7. The molecule has 0 spiro atoms. The van der Waals surface area contributed by atoms with Crippen molar-refractivity contribution in [3.63, 3.8) is 0 Å². The third-order valence-electron chi connectivity index (χ3n) is 3.52. The minimum Gasteiger partial charge on any atom is -0.422 e. The molecule has 0 aromatic rings. The summed E-state index contributed by atoms with van der Waals surface area (Å²) in [4.78, 5) is 11.6. The predicted molar refractivity (Wildman–Crippen MR) is 147 cm³/mol. The number of ether oxygens (including phenoxy) is 1. The number of carbonyl (C=O) groups is 1. The average molecular weight is 798 g/mol. The molecule has 0 aliphatic carbocycles. The van der Waals surface area contributed by atoms with Crippen molar-refractivity contribution in [3.8, 4) is 0 Å². The largest absolute Gasteiger partial charge is 0.422 e. The number of halogens is 17. The zero-order valence-corrected chi connectivity index (χ0v) is 27.3. The fraction of sp³-hybridized carbons (Fsp3) is 0.769. The van der Waals surface area contributed by atoms with Crippen molar-refractivity contribution in [2.24, 2.45) is 0 Å². The number of rotatable bonds is 10. The third kappa shape index (κ3) is 7.20. The Balaban J connectivity index is 6.47. The quantitative estimate of drug-likeness (QED) is 0.125. The summed E-state index contributed by atoms with van der Waals surface area (Å²) in [5.41, 5.74) is 0. The van der Waals surface area contributed by atoms with Crippen molar-refractivity contribution in [1.29, 1.82) is 0 Å². The van der Waals surface area contributed by atoms with Crippen molar-refractivity contribution in [3.05, 3.63) is 12.7 Å². The molecule has 0 saturated carbocycles. The molecule has 0 radical (unpaired) electrons. The molecule has 0 rings (SSSR count). The normalized spacial score (nSPS) is 15.5. The molecule has 0 unspecified atom stereocenters. The van der Waals surface area contributed by atoms with Crippen LogP contribution in [0.3, 0.4) is 0 Å². The van der Waals surface area contributed by atoms with Gasteiger partial charge in [-0.2, -0.15) is 0 Å². The lowest BCUT2D eigenvalue weighted by molar-refractivity contribution is -0.142. The molecule has 0 aromatic carbocycles. The lowest BCUT2D eigenvalue weighted by atomic mass is 10.0. The van der Waals surface area contributed by atoms with Crippen LogP contribution < -0.4 is 0 Å². The van der Waals surface area contributed by atoms with E-state index < -0.39 is 46.7 Å². The molecule has 2 nitrogen and oxygen atoms in total. The Kier molecular flexibility index (Phi) is 13.2. The van der Waals surface area contributed by atoms with Crippen LogP contribution in [0.5, 0.6) is 0 Å². The lowest BCUT2D eigenvalue weighted by Gasteiger charge is -2.53. The molecule has 0 N–H and O–H groups in total. The number of hydrogen-bond acceptors (Lipinski definition) is 2. The van der Waals surface area contributed by atoms with Gasteiger partial charge in [0, 0.05) is 6.08 Å². The van der Waals surface area contributed by atoms with Gasteiger partial charge in [0.2, 0.25) is 4.33 Å². The third-order valence-corrected chi connectivity index (χ3v) is 13.8. The molecule has 19 heteroatoms. The summed E-state index contributed by atoms with van der Waals surface area (Å²) < 4.78 is -17.2. The van der Waals surface area contributed by atoms with Crippen LogP contribution in [0, 0.1) is 0 Å². The van der Waals surface area contributed by atoms with Crippen LogP contribution in [-0.4, -0.2) is 40.3 Å². The van der Waals surface area contributed by atoms with Crippen molar-refractivity contribution in [1.82, 2.24) is 0 Å². The summed E-state index contributed by atoms with van der Waals surface area (Å²) in [6.07, 6.45) is -0.0573. The van der Waals surface area contributed by atoms with Crippen LogP contribution in [0.4, 0.5) is 0 Å². The number of carbonyl (C=O) groups excluding carboxylic acids is 1. The van der Waals surface area contributed by atoms with Crippen molar-refractivity contribution >= 4 is 203 Å². The first kappa shape index (κ1) is 36.1. The van der Waals surface area contributed by atoms with Gasteiger partial charge in [0.25, 0.3) is 4.52 Å².